The van der Waals surface area contributed by atoms with Crippen LogP contribution in [0.4, 0.5) is 17.1 Å². The highest BCUT2D eigenvalue weighted by atomic mass is 127. The van der Waals surface area contributed by atoms with Gasteiger partial charge in [0.05, 0.1) is 0 Å². The largest absolute Gasteiger partial charge is 0.477 e. The van der Waals surface area contributed by atoms with Crippen LogP contribution in [0.2, 0.25) is 0 Å². The van der Waals surface area contributed by atoms with Crippen LogP contribution < -0.4 is 4.90 Å². The molecule has 4 aromatic rings. The van der Waals surface area contributed by atoms with Crippen LogP contribution in [0.1, 0.15) is 4.88 Å². The van der Waals surface area contributed by atoms with E-state index < -0.39 is 5.97 Å². The minimum atomic E-state index is -1.22. The summed E-state index contributed by atoms with van der Waals surface area (Å²) >= 11 is 6.06. The fraction of sp³-hybridized carbons (Fsp3) is 0. The third-order valence-electron chi connectivity index (χ3n) is 4.84. The lowest BCUT2D eigenvalue weighted by molar-refractivity contribution is -0.132. The predicted molar refractivity (Wildman–Crippen MR) is 151 cm³/mol. The Morgan fingerprint density at radius 2 is 1.30 bits per heavy atom. The maximum atomic E-state index is 11.1. The second-order valence-corrected chi connectivity index (χ2v) is 10.6. The molecule has 0 spiro atoms. The molecule has 162 valence electrons. The van der Waals surface area contributed by atoms with Crippen molar-refractivity contribution in [2.24, 2.45) is 0 Å². The van der Waals surface area contributed by atoms with Crippen LogP contribution in [0.15, 0.2) is 90.5 Å². The molecule has 0 fully saturated rings. The van der Waals surface area contributed by atoms with E-state index in [1.165, 1.54) is 24.6 Å². The molecule has 4 nitrogen and oxygen atoms in total. The molecule has 0 aliphatic rings. The number of halogens is 2. The Kier molecular flexibility index (Phi) is 7.47. The van der Waals surface area contributed by atoms with Crippen LogP contribution in [-0.4, -0.2) is 11.1 Å². The number of carboxylic acid groups (broad SMARTS) is 1. The van der Waals surface area contributed by atoms with E-state index in [2.05, 4.69) is 123 Å². The van der Waals surface area contributed by atoms with Crippen molar-refractivity contribution >= 4 is 85.6 Å². The first-order valence-corrected chi connectivity index (χ1v) is 12.8. The van der Waals surface area contributed by atoms with Crippen molar-refractivity contribution in [3.05, 3.63) is 103 Å². The van der Waals surface area contributed by atoms with Gasteiger partial charge in [0, 0.05) is 34.0 Å². The average molecular weight is 674 g/mol. The van der Waals surface area contributed by atoms with E-state index in [9.17, 15) is 4.79 Å². The lowest BCUT2D eigenvalue weighted by atomic mass is 10.1. The Hall–Kier alpha value is -2.68. The van der Waals surface area contributed by atoms with E-state index in [4.69, 9.17) is 10.4 Å². The van der Waals surface area contributed by atoms with Crippen molar-refractivity contribution in [2.45, 2.75) is 0 Å². The van der Waals surface area contributed by atoms with E-state index in [1.807, 2.05) is 12.1 Å². The molecule has 0 aliphatic carbocycles. The summed E-state index contributed by atoms with van der Waals surface area (Å²) in [5, 5.41) is 18.0. The zero-order chi connectivity index (χ0) is 23.4. The van der Waals surface area contributed by atoms with Crippen LogP contribution in [-0.2, 0) is 4.79 Å². The SMILES string of the molecule is N#CC(=Cc1ccc(-c2ccc(N(c3ccc(I)cc3)c3ccc(I)cc3)cc2)s1)C(=O)O. The van der Waals surface area contributed by atoms with Crippen LogP contribution in [0.3, 0.4) is 0 Å². The van der Waals surface area contributed by atoms with Gasteiger partial charge >= 0.3 is 5.97 Å². The van der Waals surface area contributed by atoms with Gasteiger partial charge in [-0.1, -0.05) is 12.1 Å². The third-order valence-corrected chi connectivity index (χ3v) is 7.36. The van der Waals surface area contributed by atoms with Gasteiger partial charge in [0.25, 0.3) is 0 Å². The summed E-state index contributed by atoms with van der Waals surface area (Å²) in [6, 6.07) is 30.6. The van der Waals surface area contributed by atoms with Gasteiger partial charge < -0.3 is 10.0 Å². The van der Waals surface area contributed by atoms with Crippen molar-refractivity contribution in [3.63, 3.8) is 0 Å². The number of aliphatic carboxylic acids is 1. The van der Waals surface area contributed by atoms with Gasteiger partial charge in [0.2, 0.25) is 0 Å². The van der Waals surface area contributed by atoms with E-state index in [0.29, 0.717) is 0 Å². The number of anilines is 3. The minimum absolute atomic E-state index is 0.274. The summed E-state index contributed by atoms with van der Waals surface area (Å²) in [5.74, 6) is -1.22. The summed E-state index contributed by atoms with van der Waals surface area (Å²) < 4.78 is 2.36. The van der Waals surface area contributed by atoms with Crippen molar-refractivity contribution < 1.29 is 9.90 Å². The standard InChI is InChI=1S/C26H16I2N2O2S/c27-19-3-9-22(10-4-19)30(23-11-5-20(28)6-12-23)21-7-1-17(2-8-21)25-14-13-24(33-25)15-18(16-29)26(31)32/h1-15H,(H,31,32). The fourth-order valence-corrected chi connectivity index (χ4v) is 4.95. The lowest BCUT2D eigenvalue weighted by Crippen LogP contribution is -2.09. The highest BCUT2D eigenvalue weighted by Crippen LogP contribution is 2.37. The van der Waals surface area contributed by atoms with Gasteiger partial charge in [0.1, 0.15) is 11.6 Å². The zero-order valence-corrected chi connectivity index (χ0v) is 22.2. The van der Waals surface area contributed by atoms with Gasteiger partial charge in [-0.05, 0) is 130 Å². The topological polar surface area (TPSA) is 64.3 Å². The lowest BCUT2D eigenvalue weighted by Gasteiger charge is -2.25. The quantitative estimate of drug-likeness (QED) is 0.128. The van der Waals surface area contributed by atoms with Gasteiger partial charge in [-0.25, -0.2) is 4.79 Å². The second kappa shape index (κ2) is 10.5. The summed E-state index contributed by atoms with van der Waals surface area (Å²) in [6.45, 7) is 0. The molecule has 0 saturated heterocycles. The Balaban J connectivity index is 1.67. The van der Waals surface area contributed by atoms with Gasteiger partial charge in [-0.3, -0.25) is 0 Å². The summed E-state index contributed by atoms with van der Waals surface area (Å²) in [7, 11) is 0. The number of carbonyl (C=O) groups is 1. The molecular weight excluding hydrogens is 658 g/mol. The van der Waals surface area contributed by atoms with E-state index in [0.717, 1.165) is 32.4 Å². The Bertz CT molecular complexity index is 1310. The van der Waals surface area contributed by atoms with Crippen molar-refractivity contribution in [1.29, 1.82) is 5.26 Å². The number of nitrogens with zero attached hydrogens (tertiary/aromatic N) is 2. The molecule has 0 radical (unpaired) electrons. The molecule has 1 heterocycles. The number of hydrogen-bond donors (Lipinski definition) is 1. The number of nitriles is 1. The smallest absolute Gasteiger partial charge is 0.346 e. The Labute approximate surface area is 223 Å². The average Bonchev–Trinajstić information content (AvgIpc) is 3.29. The second-order valence-electron chi connectivity index (χ2n) is 7.01. The molecule has 0 saturated carbocycles. The van der Waals surface area contributed by atoms with Gasteiger partial charge in [-0.2, -0.15) is 5.26 Å². The first-order chi connectivity index (χ1) is 15.9. The monoisotopic (exact) mass is 674 g/mol. The van der Waals surface area contributed by atoms with Gasteiger partial charge in [-0.15, -0.1) is 11.3 Å². The number of hydrogen-bond acceptors (Lipinski definition) is 4. The van der Waals surface area contributed by atoms with Crippen molar-refractivity contribution in [1.82, 2.24) is 0 Å². The van der Waals surface area contributed by atoms with E-state index in [1.54, 1.807) is 6.07 Å². The Morgan fingerprint density at radius 1 is 0.818 bits per heavy atom. The van der Waals surface area contributed by atoms with Crippen molar-refractivity contribution in [3.8, 4) is 16.5 Å². The van der Waals surface area contributed by atoms with Crippen molar-refractivity contribution in [2.75, 3.05) is 4.90 Å². The summed E-state index contributed by atoms with van der Waals surface area (Å²) in [5.41, 5.74) is 3.94. The van der Waals surface area contributed by atoms with E-state index >= 15 is 0 Å². The number of thiophene rings is 1. The molecule has 0 atom stereocenters. The molecule has 4 rings (SSSR count). The molecule has 1 aromatic heterocycles. The Morgan fingerprint density at radius 3 is 1.76 bits per heavy atom. The number of rotatable bonds is 6. The van der Waals surface area contributed by atoms with Crippen LogP contribution in [0.25, 0.3) is 16.5 Å². The molecule has 7 heteroatoms. The molecular formula is C26H16I2N2O2S. The maximum absolute atomic E-state index is 11.1. The number of carboxylic acids is 1. The van der Waals surface area contributed by atoms with Crippen LogP contribution >= 0.6 is 56.5 Å². The first kappa shape index (κ1) is 23.5. The van der Waals surface area contributed by atoms with Gasteiger partial charge in [0.15, 0.2) is 0 Å². The predicted octanol–water partition coefficient (Wildman–Crippen LogP) is 8.09. The molecule has 33 heavy (non-hydrogen) atoms. The maximum Gasteiger partial charge on any atom is 0.346 e. The fourth-order valence-electron chi connectivity index (χ4n) is 3.27. The molecule has 0 aliphatic heterocycles. The number of benzene rings is 3. The zero-order valence-electron chi connectivity index (χ0n) is 17.1. The summed E-state index contributed by atoms with van der Waals surface area (Å²) in [6.07, 6.45) is 1.40. The van der Waals surface area contributed by atoms with E-state index in [-0.39, 0.29) is 5.57 Å². The molecule has 1 N–H and O–H groups in total. The highest BCUT2D eigenvalue weighted by Gasteiger charge is 2.13. The highest BCUT2D eigenvalue weighted by molar-refractivity contribution is 14.1. The molecule has 0 amide bonds. The third kappa shape index (κ3) is 5.63. The van der Waals surface area contributed by atoms with Crippen LogP contribution in [0.5, 0.6) is 0 Å². The minimum Gasteiger partial charge on any atom is -0.477 e. The normalized spacial score (nSPS) is 11.1. The van der Waals surface area contributed by atoms with Crippen LogP contribution in [0, 0.1) is 18.5 Å². The molecule has 0 unspecified atom stereocenters. The summed E-state index contributed by atoms with van der Waals surface area (Å²) in [4.78, 5) is 15.0. The molecule has 0 bridgehead atoms. The first-order valence-electron chi connectivity index (χ1n) is 9.81. The molecule has 3 aromatic carbocycles.